The number of hydrogen-bond donors (Lipinski definition) is 3. The van der Waals surface area contributed by atoms with Crippen LogP contribution in [0.5, 0.6) is 11.5 Å². The summed E-state index contributed by atoms with van der Waals surface area (Å²) < 4.78 is 10.8. The number of amides is 3. The summed E-state index contributed by atoms with van der Waals surface area (Å²) >= 11 is 11.8. The summed E-state index contributed by atoms with van der Waals surface area (Å²) in [6.07, 6.45) is 2.97. The predicted octanol–water partition coefficient (Wildman–Crippen LogP) is 4.66. The van der Waals surface area contributed by atoms with Gasteiger partial charge in [0.1, 0.15) is 18.1 Å². The zero-order valence-electron chi connectivity index (χ0n) is 19.4. The summed E-state index contributed by atoms with van der Waals surface area (Å²) in [6, 6.07) is 17.8. The van der Waals surface area contributed by atoms with Crippen molar-refractivity contribution in [1.29, 1.82) is 0 Å². The van der Waals surface area contributed by atoms with Gasteiger partial charge in [0.05, 0.1) is 6.21 Å². The molecule has 0 atom stereocenters. The lowest BCUT2D eigenvalue weighted by atomic mass is 10.2. The van der Waals surface area contributed by atoms with Gasteiger partial charge in [-0.05, 0) is 72.3 Å². The smallest absolute Gasteiger partial charge is 0.329 e. The van der Waals surface area contributed by atoms with E-state index in [0.29, 0.717) is 45.1 Å². The lowest BCUT2D eigenvalue weighted by molar-refractivity contribution is -0.136. The Morgan fingerprint density at radius 3 is 2.08 bits per heavy atom. The summed E-state index contributed by atoms with van der Waals surface area (Å²) in [7, 11) is 0. The highest BCUT2D eigenvalue weighted by Crippen LogP contribution is 2.22. The van der Waals surface area contributed by atoms with Crippen LogP contribution >= 0.6 is 23.2 Å². The first-order valence-corrected chi connectivity index (χ1v) is 11.5. The van der Waals surface area contributed by atoms with E-state index in [1.807, 2.05) is 0 Å². The van der Waals surface area contributed by atoms with E-state index in [2.05, 4.69) is 27.7 Å². The fraction of sp³-hybridized carbons (Fsp3) is 0.0769. The SMILES string of the molecule is C=CCOc1ccc(NC(=O)C(=O)N/N=C\c2ccc(OCC(=O)Nc3cc(Cl)cc(Cl)c3)cc2)cc1. The van der Waals surface area contributed by atoms with Gasteiger partial charge in [-0.2, -0.15) is 5.10 Å². The van der Waals surface area contributed by atoms with Crippen LogP contribution in [-0.2, 0) is 14.4 Å². The molecule has 0 fully saturated rings. The molecule has 0 radical (unpaired) electrons. The third-order valence-electron chi connectivity index (χ3n) is 4.46. The molecule has 0 saturated carbocycles. The van der Waals surface area contributed by atoms with E-state index < -0.39 is 11.8 Å². The van der Waals surface area contributed by atoms with Crippen molar-refractivity contribution >= 4 is 58.5 Å². The zero-order valence-corrected chi connectivity index (χ0v) is 20.9. The maximum Gasteiger partial charge on any atom is 0.329 e. The first kappa shape index (κ1) is 27.3. The van der Waals surface area contributed by atoms with Gasteiger partial charge in [0.15, 0.2) is 6.61 Å². The fourth-order valence-electron chi connectivity index (χ4n) is 2.82. The normalized spacial score (nSPS) is 10.4. The summed E-state index contributed by atoms with van der Waals surface area (Å²) in [5.41, 5.74) is 3.67. The summed E-state index contributed by atoms with van der Waals surface area (Å²) in [4.78, 5) is 36.1. The van der Waals surface area contributed by atoms with Crippen molar-refractivity contribution in [2.24, 2.45) is 5.10 Å². The number of nitrogens with zero attached hydrogens (tertiary/aromatic N) is 1. The maximum atomic E-state index is 12.1. The van der Waals surface area contributed by atoms with Gasteiger partial charge in [-0.25, -0.2) is 5.43 Å². The Labute approximate surface area is 223 Å². The minimum atomic E-state index is -0.935. The van der Waals surface area contributed by atoms with Gasteiger partial charge in [0.2, 0.25) is 0 Å². The largest absolute Gasteiger partial charge is 0.490 e. The Balaban J connectivity index is 1.42. The molecule has 0 bridgehead atoms. The molecule has 11 heteroatoms. The van der Waals surface area contributed by atoms with Crippen LogP contribution in [0.1, 0.15) is 5.56 Å². The van der Waals surface area contributed by atoms with Gasteiger partial charge in [0.25, 0.3) is 5.91 Å². The first-order chi connectivity index (χ1) is 17.8. The van der Waals surface area contributed by atoms with Crippen molar-refractivity contribution in [2.45, 2.75) is 0 Å². The van der Waals surface area contributed by atoms with Gasteiger partial charge < -0.3 is 20.1 Å². The third kappa shape index (κ3) is 9.32. The van der Waals surface area contributed by atoms with Crippen LogP contribution in [0.2, 0.25) is 10.0 Å². The molecular weight excluding hydrogens is 519 g/mol. The van der Waals surface area contributed by atoms with Crippen LogP contribution < -0.4 is 25.5 Å². The molecule has 0 heterocycles. The monoisotopic (exact) mass is 540 g/mol. The second-order valence-electron chi connectivity index (χ2n) is 7.34. The van der Waals surface area contributed by atoms with Crippen LogP contribution in [0.3, 0.4) is 0 Å². The molecule has 0 aliphatic carbocycles. The molecular formula is C26H22Cl2N4O5. The van der Waals surface area contributed by atoms with Crippen molar-refractivity contribution in [1.82, 2.24) is 5.43 Å². The van der Waals surface area contributed by atoms with Gasteiger partial charge in [0, 0.05) is 21.4 Å². The Kier molecular flexibility index (Phi) is 10.1. The number of ether oxygens (including phenoxy) is 2. The topological polar surface area (TPSA) is 118 Å². The molecule has 3 aromatic carbocycles. The van der Waals surface area contributed by atoms with Gasteiger partial charge in [-0.15, -0.1) is 0 Å². The Bertz CT molecular complexity index is 1280. The lowest BCUT2D eigenvalue weighted by Gasteiger charge is -2.08. The number of hydrazone groups is 1. The van der Waals surface area contributed by atoms with Crippen molar-refractivity contribution in [3.05, 3.63) is 95.0 Å². The number of benzene rings is 3. The molecule has 0 aliphatic rings. The summed E-state index contributed by atoms with van der Waals surface area (Å²) in [5.74, 6) is -1.15. The van der Waals surface area contributed by atoms with E-state index >= 15 is 0 Å². The van der Waals surface area contributed by atoms with Gasteiger partial charge >= 0.3 is 11.8 Å². The maximum absolute atomic E-state index is 12.1. The van der Waals surface area contributed by atoms with Gasteiger partial charge in [-0.3, -0.25) is 14.4 Å². The number of anilines is 2. The molecule has 0 spiro atoms. The van der Waals surface area contributed by atoms with E-state index in [4.69, 9.17) is 32.7 Å². The highest BCUT2D eigenvalue weighted by molar-refractivity contribution is 6.39. The van der Waals surface area contributed by atoms with Crippen LogP contribution in [0.4, 0.5) is 11.4 Å². The Hall–Kier alpha value is -4.34. The lowest BCUT2D eigenvalue weighted by Crippen LogP contribution is -2.32. The average Bonchev–Trinajstić information content (AvgIpc) is 2.87. The molecule has 0 aliphatic heterocycles. The van der Waals surface area contributed by atoms with Crippen LogP contribution in [0.25, 0.3) is 0 Å². The van der Waals surface area contributed by atoms with E-state index in [1.165, 1.54) is 6.21 Å². The zero-order chi connectivity index (χ0) is 26.6. The summed E-state index contributed by atoms with van der Waals surface area (Å²) in [5, 5.41) is 9.68. The average molecular weight is 541 g/mol. The minimum absolute atomic E-state index is 0.229. The van der Waals surface area contributed by atoms with Gasteiger partial charge in [-0.1, -0.05) is 35.9 Å². The highest BCUT2D eigenvalue weighted by Gasteiger charge is 2.13. The molecule has 3 N–H and O–H groups in total. The van der Waals surface area contributed by atoms with E-state index in [-0.39, 0.29) is 12.5 Å². The summed E-state index contributed by atoms with van der Waals surface area (Å²) in [6.45, 7) is 3.70. The number of rotatable bonds is 10. The quantitative estimate of drug-likeness (QED) is 0.149. The number of carbonyl (C=O) groups excluding carboxylic acids is 3. The molecule has 3 aromatic rings. The van der Waals surface area contributed by atoms with Crippen molar-refractivity contribution in [3.63, 3.8) is 0 Å². The van der Waals surface area contributed by atoms with Crippen LogP contribution in [0.15, 0.2) is 84.5 Å². The van der Waals surface area contributed by atoms with E-state index in [1.54, 1.807) is 72.8 Å². The van der Waals surface area contributed by atoms with Crippen molar-refractivity contribution in [2.75, 3.05) is 23.8 Å². The predicted molar refractivity (Wildman–Crippen MR) is 144 cm³/mol. The highest BCUT2D eigenvalue weighted by atomic mass is 35.5. The molecule has 9 nitrogen and oxygen atoms in total. The second kappa shape index (κ2) is 13.7. The standard InChI is InChI=1S/C26H22Cl2N4O5/c1-2-11-36-22-9-5-20(6-10-22)31-25(34)26(35)32-29-15-17-3-7-23(8-4-17)37-16-24(33)30-21-13-18(27)12-19(28)14-21/h2-10,12-15H,1,11,16H2,(H,30,33)(H,31,34)(H,32,35)/b29-15-. The number of carbonyl (C=O) groups is 3. The molecule has 3 amide bonds. The fourth-order valence-corrected chi connectivity index (χ4v) is 3.34. The first-order valence-electron chi connectivity index (χ1n) is 10.8. The molecule has 0 saturated heterocycles. The van der Waals surface area contributed by atoms with E-state index in [0.717, 1.165) is 0 Å². The molecule has 0 aromatic heterocycles. The van der Waals surface area contributed by atoms with Crippen molar-refractivity contribution < 1.29 is 23.9 Å². The van der Waals surface area contributed by atoms with E-state index in [9.17, 15) is 14.4 Å². The molecule has 3 rings (SSSR count). The minimum Gasteiger partial charge on any atom is -0.490 e. The van der Waals surface area contributed by atoms with Crippen LogP contribution in [-0.4, -0.2) is 37.1 Å². The Morgan fingerprint density at radius 2 is 1.43 bits per heavy atom. The number of nitrogens with one attached hydrogen (secondary N) is 3. The number of halogens is 2. The third-order valence-corrected chi connectivity index (χ3v) is 4.90. The number of hydrogen-bond acceptors (Lipinski definition) is 6. The molecule has 190 valence electrons. The molecule has 37 heavy (non-hydrogen) atoms. The second-order valence-corrected chi connectivity index (χ2v) is 8.21. The Morgan fingerprint density at radius 1 is 0.811 bits per heavy atom. The molecule has 0 unspecified atom stereocenters. The van der Waals surface area contributed by atoms with Crippen molar-refractivity contribution in [3.8, 4) is 11.5 Å². The van der Waals surface area contributed by atoms with Crippen LogP contribution in [0, 0.1) is 0 Å².